The van der Waals surface area contributed by atoms with Crippen LogP contribution in [0.3, 0.4) is 0 Å². The number of carboxylic acids is 1. The molecule has 0 aromatic carbocycles. The van der Waals surface area contributed by atoms with E-state index >= 15 is 0 Å². The summed E-state index contributed by atoms with van der Waals surface area (Å²) < 4.78 is 0. The largest absolute Gasteiger partial charge is 0.481 e. The Morgan fingerprint density at radius 2 is 1.75 bits per heavy atom. The van der Waals surface area contributed by atoms with Gasteiger partial charge in [-0.3, -0.25) is 9.59 Å². The monoisotopic (exact) mass is 398 g/mol. The minimum Gasteiger partial charge on any atom is -0.481 e. The van der Waals surface area contributed by atoms with Gasteiger partial charge in [0.25, 0.3) is 0 Å². The van der Waals surface area contributed by atoms with E-state index in [1.54, 1.807) is 6.92 Å². The predicted octanol–water partition coefficient (Wildman–Crippen LogP) is 2.83. The van der Waals surface area contributed by atoms with Crippen molar-refractivity contribution in [2.24, 2.45) is 40.4 Å². The minimum absolute atomic E-state index is 0.0383. The van der Waals surface area contributed by atoms with Crippen molar-refractivity contribution in [1.29, 1.82) is 0 Å². The fraction of sp³-hybridized carbons (Fsp3) is 0.909. The van der Waals surface area contributed by atoms with E-state index in [1.165, 1.54) is 0 Å². The van der Waals surface area contributed by atoms with Crippen LogP contribution in [0.1, 0.15) is 73.6 Å². The second kappa shape index (κ2) is 7.69. The molecule has 6 nitrogen and oxygen atoms in total. The number of rotatable bonds is 6. The molecule has 0 heterocycles. The van der Waals surface area contributed by atoms with E-state index in [4.69, 9.17) is 0 Å². The summed E-state index contributed by atoms with van der Waals surface area (Å²) in [6.45, 7) is 11.5. The molecule has 0 saturated heterocycles. The average Bonchev–Trinajstić information content (AvgIpc) is 2.54. The van der Waals surface area contributed by atoms with E-state index in [9.17, 15) is 30.0 Å². The summed E-state index contributed by atoms with van der Waals surface area (Å²) in [6, 6.07) is 0. The molecule has 4 N–H and O–H groups in total. The molecule has 2 aliphatic carbocycles. The molecule has 0 aromatic rings. The van der Waals surface area contributed by atoms with Gasteiger partial charge in [-0.25, -0.2) is 0 Å². The number of Topliss-reactive ketones (excluding diaryl/α,β-unsaturated/α-hetero) is 1. The third kappa shape index (κ3) is 3.63. The molecule has 0 aliphatic heterocycles. The molecule has 28 heavy (non-hydrogen) atoms. The molecular weight excluding hydrogens is 360 g/mol. The zero-order chi connectivity index (χ0) is 21.7. The van der Waals surface area contributed by atoms with Gasteiger partial charge in [0.05, 0.1) is 0 Å². The first-order chi connectivity index (χ1) is 12.7. The zero-order valence-electron chi connectivity index (χ0n) is 18.1. The number of carboxylic acid groups (broad SMARTS) is 1. The van der Waals surface area contributed by atoms with Gasteiger partial charge in [0.1, 0.15) is 11.9 Å². The number of aliphatic hydroxyl groups is 3. The van der Waals surface area contributed by atoms with Crippen LogP contribution < -0.4 is 0 Å². The summed E-state index contributed by atoms with van der Waals surface area (Å²) in [5, 5.41) is 42.1. The van der Waals surface area contributed by atoms with Crippen LogP contribution in [-0.4, -0.2) is 44.1 Å². The summed E-state index contributed by atoms with van der Waals surface area (Å²) >= 11 is 0. The number of carbonyl (C=O) groups excluding carboxylic acids is 1. The Bertz CT molecular complexity index is 612. The smallest absolute Gasteiger partial charge is 0.303 e. The van der Waals surface area contributed by atoms with E-state index in [1.807, 2.05) is 34.6 Å². The number of ketones is 1. The van der Waals surface area contributed by atoms with Gasteiger partial charge in [0, 0.05) is 24.2 Å². The lowest BCUT2D eigenvalue weighted by Gasteiger charge is -2.65. The highest BCUT2D eigenvalue weighted by molar-refractivity contribution is 5.83. The van der Waals surface area contributed by atoms with Gasteiger partial charge < -0.3 is 20.4 Å². The van der Waals surface area contributed by atoms with E-state index in [0.29, 0.717) is 12.8 Å². The topological polar surface area (TPSA) is 115 Å². The molecule has 6 heteroatoms. The molecule has 2 saturated carbocycles. The maximum atomic E-state index is 13.4. The molecule has 2 rings (SSSR count). The lowest BCUT2D eigenvalue weighted by Crippen LogP contribution is -2.72. The molecule has 2 aliphatic rings. The van der Waals surface area contributed by atoms with Crippen molar-refractivity contribution in [3.63, 3.8) is 0 Å². The molecule has 2 fully saturated rings. The first-order valence-electron chi connectivity index (χ1n) is 10.6. The molecule has 162 valence electrons. The number of hydrogen-bond donors (Lipinski definition) is 4. The van der Waals surface area contributed by atoms with Gasteiger partial charge in [0.15, 0.2) is 5.79 Å². The second-order valence-corrected chi connectivity index (χ2v) is 10.4. The van der Waals surface area contributed by atoms with E-state index in [-0.39, 0.29) is 42.3 Å². The lowest BCUT2D eigenvalue weighted by molar-refractivity contribution is -0.360. The molecule has 0 spiro atoms. The quantitative estimate of drug-likeness (QED) is 0.512. The van der Waals surface area contributed by atoms with Crippen LogP contribution in [0.4, 0.5) is 0 Å². The summed E-state index contributed by atoms with van der Waals surface area (Å²) in [6.07, 6.45) is 0.457. The van der Waals surface area contributed by atoms with Gasteiger partial charge in [0.2, 0.25) is 0 Å². The van der Waals surface area contributed by atoms with Crippen molar-refractivity contribution in [1.82, 2.24) is 0 Å². The normalized spacial score (nSPS) is 40.4. The zero-order valence-corrected chi connectivity index (χ0v) is 18.1. The molecule has 0 radical (unpaired) electrons. The third-order valence-corrected chi connectivity index (χ3v) is 8.13. The summed E-state index contributed by atoms with van der Waals surface area (Å²) in [4.78, 5) is 24.9. The van der Waals surface area contributed by atoms with Crippen molar-refractivity contribution >= 4 is 11.8 Å². The summed E-state index contributed by atoms with van der Waals surface area (Å²) in [5.41, 5.74) is -1.69. The highest BCUT2D eigenvalue weighted by atomic mass is 16.5. The van der Waals surface area contributed by atoms with Gasteiger partial charge in [-0.15, -0.1) is 0 Å². The number of aliphatic hydroxyl groups excluding tert-OH is 1. The molecule has 0 amide bonds. The highest BCUT2D eigenvalue weighted by Gasteiger charge is 2.70. The number of fused-ring (bicyclic) bond motifs is 1. The third-order valence-electron chi connectivity index (χ3n) is 8.13. The number of aliphatic carboxylic acids is 1. The summed E-state index contributed by atoms with van der Waals surface area (Å²) in [7, 11) is 0. The minimum atomic E-state index is -2.40. The van der Waals surface area contributed by atoms with Crippen molar-refractivity contribution in [3.05, 3.63) is 0 Å². The highest BCUT2D eigenvalue weighted by Crippen LogP contribution is 2.65. The summed E-state index contributed by atoms with van der Waals surface area (Å²) in [5.74, 6) is -4.72. The van der Waals surface area contributed by atoms with Crippen LogP contribution in [0.5, 0.6) is 0 Å². The standard InChI is InChI=1S/C22H38O6/c1-7-12(2)8-15(23)19-13(3)14(10-18(25)26)9-16-20(4,5)11-17(24)22(27,28)21(16,19)6/h12-14,16-17,19,24,27-28H,7-11H2,1-6H3,(H,25,26)/t12-,13+,14+,16+,17?,19-,21+/m1/s1. The Hall–Kier alpha value is -0.980. The predicted molar refractivity (Wildman–Crippen MR) is 105 cm³/mol. The van der Waals surface area contributed by atoms with E-state index in [2.05, 4.69) is 0 Å². The van der Waals surface area contributed by atoms with Crippen LogP contribution in [-0.2, 0) is 9.59 Å². The molecule has 7 atom stereocenters. The van der Waals surface area contributed by atoms with Crippen LogP contribution >= 0.6 is 0 Å². The molecular formula is C22H38O6. The fourth-order valence-corrected chi connectivity index (χ4v) is 6.29. The van der Waals surface area contributed by atoms with Crippen LogP contribution in [0, 0.1) is 40.4 Å². The SMILES string of the molecule is CC[C@@H](C)CC(=O)[C@H]1[C@@H](C)[C@H](CC(=O)O)C[C@H]2C(C)(C)CC(O)C(O)(O)[C@]12C. The first-order valence-corrected chi connectivity index (χ1v) is 10.6. The van der Waals surface area contributed by atoms with Crippen molar-refractivity contribution in [3.8, 4) is 0 Å². The Morgan fingerprint density at radius 3 is 2.25 bits per heavy atom. The maximum absolute atomic E-state index is 13.4. The molecule has 0 aromatic heterocycles. The lowest BCUT2D eigenvalue weighted by atomic mass is 9.41. The Kier molecular flexibility index (Phi) is 6.40. The number of hydrogen-bond acceptors (Lipinski definition) is 5. The second-order valence-electron chi connectivity index (χ2n) is 10.4. The fourth-order valence-electron chi connectivity index (χ4n) is 6.29. The van der Waals surface area contributed by atoms with Crippen molar-refractivity contribution < 1.29 is 30.0 Å². The van der Waals surface area contributed by atoms with Crippen LogP contribution in [0.2, 0.25) is 0 Å². The van der Waals surface area contributed by atoms with E-state index < -0.39 is 34.6 Å². The average molecular weight is 399 g/mol. The van der Waals surface area contributed by atoms with Gasteiger partial charge in [-0.05, 0) is 41.9 Å². The first kappa shape index (κ1) is 23.3. The Balaban J connectivity index is 2.60. The molecule has 1 unspecified atom stereocenters. The molecule has 0 bridgehead atoms. The van der Waals surface area contributed by atoms with Crippen LogP contribution in [0.15, 0.2) is 0 Å². The van der Waals surface area contributed by atoms with Gasteiger partial charge in [-0.2, -0.15) is 0 Å². The number of carbonyl (C=O) groups is 2. The van der Waals surface area contributed by atoms with Gasteiger partial charge in [-0.1, -0.05) is 48.0 Å². The van der Waals surface area contributed by atoms with E-state index in [0.717, 1.165) is 6.42 Å². The maximum Gasteiger partial charge on any atom is 0.303 e. The van der Waals surface area contributed by atoms with Crippen molar-refractivity contribution in [2.45, 2.75) is 85.5 Å². The van der Waals surface area contributed by atoms with Gasteiger partial charge >= 0.3 is 5.97 Å². The Morgan fingerprint density at radius 1 is 1.18 bits per heavy atom. The van der Waals surface area contributed by atoms with Crippen LogP contribution in [0.25, 0.3) is 0 Å². The van der Waals surface area contributed by atoms with Crippen molar-refractivity contribution in [2.75, 3.05) is 0 Å². The Labute approximate surface area is 168 Å².